The lowest BCUT2D eigenvalue weighted by Gasteiger charge is -2.34. The van der Waals surface area contributed by atoms with Gasteiger partial charge in [0.2, 0.25) is 5.91 Å². The molecule has 2 saturated heterocycles. The van der Waals surface area contributed by atoms with E-state index in [4.69, 9.17) is 0 Å². The normalized spacial score (nSPS) is 16.8. The summed E-state index contributed by atoms with van der Waals surface area (Å²) in [6, 6.07) is 16.2. The number of pyridine rings is 1. The molecule has 0 spiro atoms. The van der Waals surface area contributed by atoms with Gasteiger partial charge in [-0.25, -0.2) is 0 Å². The molecular weight excluding hydrogens is 444 g/mol. The van der Waals surface area contributed by atoms with Crippen molar-refractivity contribution < 1.29 is 9.59 Å². The Morgan fingerprint density at radius 2 is 1.76 bits per heavy atom. The number of carbonyl (C=O) groups is 2. The third kappa shape index (κ3) is 4.50. The molecule has 1 N–H and O–H groups in total. The highest BCUT2D eigenvalue weighted by Crippen LogP contribution is 2.34. The second-order valence-electron chi connectivity index (χ2n) is 9.21. The van der Waals surface area contributed by atoms with Gasteiger partial charge in [-0.3, -0.25) is 19.5 Å². The molecule has 6 nitrogen and oxygen atoms in total. The van der Waals surface area contributed by atoms with Crippen LogP contribution in [0, 0.1) is 19.8 Å². The Bertz CT molecular complexity index is 1180. The van der Waals surface area contributed by atoms with Crippen LogP contribution in [0.3, 0.4) is 0 Å². The monoisotopic (exact) mass is 474 g/mol. The second-order valence-corrected chi connectivity index (χ2v) is 10.5. The summed E-state index contributed by atoms with van der Waals surface area (Å²) in [4.78, 5) is 36.3. The van der Waals surface area contributed by atoms with Crippen LogP contribution in [0.1, 0.15) is 44.6 Å². The first-order valence-electron chi connectivity index (χ1n) is 11.9. The van der Waals surface area contributed by atoms with Crippen molar-refractivity contribution in [3.63, 3.8) is 0 Å². The number of benzene rings is 1. The summed E-state index contributed by atoms with van der Waals surface area (Å²) < 4.78 is 0. The Labute approximate surface area is 204 Å². The molecule has 0 unspecified atom stereocenters. The van der Waals surface area contributed by atoms with Crippen molar-refractivity contribution in [2.75, 3.05) is 31.1 Å². The molecule has 3 aromatic rings. The summed E-state index contributed by atoms with van der Waals surface area (Å²) in [6.45, 7) is 6.96. The number of piperidine rings is 1. The van der Waals surface area contributed by atoms with Crippen LogP contribution in [-0.2, 0) is 4.79 Å². The Kier molecular flexibility index (Phi) is 6.48. The van der Waals surface area contributed by atoms with E-state index in [-0.39, 0.29) is 17.7 Å². The summed E-state index contributed by atoms with van der Waals surface area (Å²) >= 11 is 1.57. The van der Waals surface area contributed by atoms with Crippen LogP contribution in [0.4, 0.5) is 11.4 Å². The molecule has 0 bridgehead atoms. The molecule has 7 heteroatoms. The summed E-state index contributed by atoms with van der Waals surface area (Å²) in [6.07, 6.45) is 3.66. The minimum Gasteiger partial charge on any atom is -0.338 e. The van der Waals surface area contributed by atoms with Crippen LogP contribution in [0.5, 0.6) is 0 Å². The number of hydrogen-bond donors (Lipinski definition) is 1. The van der Waals surface area contributed by atoms with Gasteiger partial charge >= 0.3 is 0 Å². The Morgan fingerprint density at radius 3 is 2.35 bits per heavy atom. The number of aromatic nitrogens is 1. The van der Waals surface area contributed by atoms with Crippen LogP contribution in [0.2, 0.25) is 0 Å². The SMILES string of the molecule is Cc1ccc(C(=O)N2CCC(c3ccc(N(C(=O)C4CNC4)c4cccnc4C)cc3)CC2)s1. The topological polar surface area (TPSA) is 65.5 Å². The molecule has 0 atom stereocenters. The van der Waals surface area contributed by atoms with Crippen LogP contribution in [0.25, 0.3) is 0 Å². The van der Waals surface area contributed by atoms with Crippen molar-refractivity contribution in [2.45, 2.75) is 32.6 Å². The van der Waals surface area contributed by atoms with Crippen molar-refractivity contribution in [3.8, 4) is 0 Å². The molecule has 0 saturated carbocycles. The van der Waals surface area contributed by atoms with E-state index in [1.807, 2.05) is 47.9 Å². The van der Waals surface area contributed by atoms with Crippen LogP contribution in [0.15, 0.2) is 54.7 Å². The zero-order valence-electron chi connectivity index (χ0n) is 19.7. The first-order chi connectivity index (χ1) is 16.5. The van der Waals surface area contributed by atoms with Crippen molar-refractivity contribution >= 4 is 34.5 Å². The maximum absolute atomic E-state index is 13.3. The van der Waals surface area contributed by atoms with Crippen LogP contribution < -0.4 is 10.2 Å². The summed E-state index contributed by atoms with van der Waals surface area (Å²) in [7, 11) is 0. The average Bonchev–Trinajstić information content (AvgIpc) is 3.26. The number of thiophene rings is 1. The van der Waals surface area contributed by atoms with Gasteiger partial charge in [-0.05, 0) is 74.6 Å². The van der Waals surface area contributed by atoms with Gasteiger partial charge in [-0.1, -0.05) is 12.1 Å². The summed E-state index contributed by atoms with van der Waals surface area (Å²) in [5, 5.41) is 3.20. The molecule has 0 radical (unpaired) electrons. The molecule has 1 aromatic carbocycles. The highest BCUT2D eigenvalue weighted by Gasteiger charge is 2.32. The number of aryl methyl sites for hydroxylation is 2. The van der Waals surface area contributed by atoms with Gasteiger partial charge in [0.25, 0.3) is 5.91 Å². The van der Waals surface area contributed by atoms with E-state index in [0.717, 1.165) is 61.0 Å². The number of anilines is 2. The van der Waals surface area contributed by atoms with Gasteiger partial charge in [0, 0.05) is 42.9 Å². The van der Waals surface area contributed by atoms with Crippen LogP contribution >= 0.6 is 11.3 Å². The Morgan fingerprint density at radius 1 is 1.03 bits per heavy atom. The zero-order chi connectivity index (χ0) is 23.7. The van der Waals surface area contributed by atoms with Crippen molar-refractivity contribution in [3.05, 3.63) is 75.7 Å². The van der Waals surface area contributed by atoms with E-state index in [9.17, 15) is 9.59 Å². The standard InChI is InChI=1S/C27H30N4O2S/c1-18-5-10-25(34-18)27(33)30-14-11-21(12-15-30)20-6-8-23(9-7-20)31(26(32)22-16-28-17-22)24-4-3-13-29-19(24)2/h3-10,13,21-22,28H,11-12,14-17H2,1-2H3. The molecule has 2 aromatic heterocycles. The van der Waals surface area contributed by atoms with Crippen molar-refractivity contribution in [1.82, 2.24) is 15.2 Å². The maximum atomic E-state index is 13.3. The molecule has 4 heterocycles. The lowest BCUT2D eigenvalue weighted by Crippen LogP contribution is -2.51. The smallest absolute Gasteiger partial charge is 0.263 e. The summed E-state index contributed by atoms with van der Waals surface area (Å²) in [5.74, 6) is 0.674. The quantitative estimate of drug-likeness (QED) is 0.584. The van der Waals surface area contributed by atoms with Gasteiger partial charge in [0.15, 0.2) is 0 Å². The minimum atomic E-state index is -0.00622. The van der Waals surface area contributed by atoms with Gasteiger partial charge in [-0.15, -0.1) is 11.3 Å². The molecule has 2 aliphatic heterocycles. The lowest BCUT2D eigenvalue weighted by molar-refractivity contribution is -0.123. The Balaban J connectivity index is 1.30. The molecule has 2 amide bonds. The van der Waals surface area contributed by atoms with Crippen molar-refractivity contribution in [1.29, 1.82) is 0 Å². The number of amides is 2. The fourth-order valence-corrected chi connectivity index (χ4v) is 5.60. The average molecular weight is 475 g/mol. The first-order valence-corrected chi connectivity index (χ1v) is 12.7. The molecule has 34 heavy (non-hydrogen) atoms. The fraction of sp³-hybridized carbons (Fsp3) is 0.370. The van der Waals surface area contributed by atoms with Crippen LogP contribution in [-0.4, -0.2) is 47.9 Å². The number of carbonyl (C=O) groups excluding carboxylic acids is 2. The van der Waals surface area contributed by atoms with Gasteiger partial charge < -0.3 is 10.2 Å². The number of nitrogens with one attached hydrogen (secondary N) is 1. The molecule has 5 rings (SSSR count). The fourth-order valence-electron chi connectivity index (χ4n) is 4.76. The molecule has 0 aliphatic carbocycles. The zero-order valence-corrected chi connectivity index (χ0v) is 20.5. The summed E-state index contributed by atoms with van der Waals surface area (Å²) in [5.41, 5.74) is 3.81. The van der Waals surface area contributed by atoms with E-state index in [1.165, 1.54) is 10.4 Å². The number of rotatable bonds is 5. The first kappa shape index (κ1) is 22.7. The van der Waals surface area contributed by atoms with Gasteiger partial charge in [0.05, 0.1) is 22.2 Å². The Hall–Kier alpha value is -3.03. The molecule has 176 valence electrons. The van der Waals surface area contributed by atoms with E-state index in [2.05, 4.69) is 34.6 Å². The van der Waals surface area contributed by atoms with Gasteiger partial charge in [-0.2, -0.15) is 0 Å². The largest absolute Gasteiger partial charge is 0.338 e. The van der Waals surface area contributed by atoms with E-state index in [0.29, 0.717) is 5.92 Å². The number of nitrogens with zero attached hydrogens (tertiary/aromatic N) is 3. The van der Waals surface area contributed by atoms with Gasteiger partial charge in [0.1, 0.15) is 0 Å². The van der Waals surface area contributed by atoms with E-state index < -0.39 is 0 Å². The second kappa shape index (κ2) is 9.68. The minimum absolute atomic E-state index is 0.00622. The number of likely N-dealkylation sites (tertiary alicyclic amines) is 1. The number of hydrogen-bond acceptors (Lipinski definition) is 5. The molecular formula is C27H30N4O2S. The predicted molar refractivity (Wildman–Crippen MR) is 136 cm³/mol. The predicted octanol–water partition coefficient (Wildman–Crippen LogP) is 4.66. The lowest BCUT2D eigenvalue weighted by atomic mass is 9.89. The molecule has 2 aliphatic rings. The van der Waals surface area contributed by atoms with E-state index >= 15 is 0 Å². The highest BCUT2D eigenvalue weighted by atomic mass is 32.1. The third-order valence-electron chi connectivity index (χ3n) is 6.93. The third-order valence-corrected chi connectivity index (χ3v) is 7.92. The maximum Gasteiger partial charge on any atom is 0.263 e. The molecule has 2 fully saturated rings. The van der Waals surface area contributed by atoms with Crippen molar-refractivity contribution in [2.24, 2.45) is 5.92 Å². The highest BCUT2D eigenvalue weighted by molar-refractivity contribution is 7.13. The van der Waals surface area contributed by atoms with E-state index in [1.54, 1.807) is 17.5 Å².